The predicted molar refractivity (Wildman–Crippen MR) is 16.3 cm³/mol. The van der Waals surface area contributed by atoms with Crippen molar-refractivity contribution in [2.45, 2.75) is 5.21 Å². The average molecular weight is 250 g/mol. The Kier molecular flexibility index (Phi) is 23.1. The zero-order valence-corrected chi connectivity index (χ0v) is 14.6. The fourth-order valence-corrected chi connectivity index (χ4v) is 0.822. The molecule has 0 aliphatic carbocycles. The van der Waals surface area contributed by atoms with Crippen molar-refractivity contribution in [3.63, 3.8) is 0 Å². The van der Waals surface area contributed by atoms with E-state index in [9.17, 15) is 21.8 Å². The van der Waals surface area contributed by atoms with Crippen molar-refractivity contribution in [3.05, 3.63) is 0 Å². The molecule has 0 amide bonds. The summed E-state index contributed by atoms with van der Waals surface area (Å²) in [5.74, 6) is -1.84. The minimum absolute atomic E-state index is 0. The molecular formula is C2H2AsNa3O5. The van der Waals surface area contributed by atoms with Gasteiger partial charge in [0.2, 0.25) is 0 Å². The molecule has 0 spiro atoms. The molecule has 0 atom stereocenters. The summed E-state index contributed by atoms with van der Waals surface area (Å²) in [5, 5.41) is 7.98. The first-order valence-corrected chi connectivity index (χ1v) is 5.25. The molecule has 0 radical (unpaired) electrons. The first-order chi connectivity index (χ1) is 3.42. The van der Waals surface area contributed by atoms with Gasteiger partial charge in [0.15, 0.2) is 0 Å². The van der Waals surface area contributed by atoms with E-state index in [0.29, 0.717) is 0 Å². The topological polar surface area (TPSA) is 103 Å². The van der Waals surface area contributed by atoms with Crippen molar-refractivity contribution in [1.82, 2.24) is 0 Å². The molecule has 9 heteroatoms. The largest absolute Gasteiger partial charge is 1.00 e. The van der Waals surface area contributed by atoms with Gasteiger partial charge in [-0.25, -0.2) is 0 Å². The van der Waals surface area contributed by atoms with Gasteiger partial charge in [0.1, 0.15) is 0 Å². The van der Waals surface area contributed by atoms with Gasteiger partial charge < -0.3 is 0 Å². The number of carboxylic acids is 1. The van der Waals surface area contributed by atoms with Crippen molar-refractivity contribution < 1.29 is 111 Å². The first kappa shape index (κ1) is 23.5. The second kappa shape index (κ2) is 10.8. The van der Waals surface area contributed by atoms with Crippen LogP contribution in [0.1, 0.15) is 0 Å². The molecule has 48 valence electrons. The fourth-order valence-electron chi connectivity index (χ4n) is 0.158. The van der Waals surface area contributed by atoms with E-state index < -0.39 is 25.4 Å². The number of hydrogen-bond acceptors (Lipinski definition) is 5. The van der Waals surface area contributed by atoms with Gasteiger partial charge in [-0.1, -0.05) is 0 Å². The van der Waals surface area contributed by atoms with Crippen molar-refractivity contribution >= 4 is 20.1 Å². The Morgan fingerprint density at radius 3 is 1.45 bits per heavy atom. The Bertz CT molecular complexity index is 143. The second-order valence-electron chi connectivity index (χ2n) is 1.14. The Morgan fingerprint density at radius 2 is 1.45 bits per heavy atom. The standard InChI is InChI=1S/C2H5AsO5.3Na/c4-2(5)1-3(6,7)8;;;/h1H2,(H,4,5)(H2,6,7,8);;;/q;3*+1/p-3. The van der Waals surface area contributed by atoms with Crippen LogP contribution in [0.5, 0.6) is 0 Å². The molecule has 0 aromatic heterocycles. The predicted octanol–water partition coefficient (Wildman–Crippen LogP) is -13.2. The molecule has 5 nitrogen and oxygen atoms in total. The van der Waals surface area contributed by atoms with Crippen molar-refractivity contribution in [2.24, 2.45) is 0 Å². The van der Waals surface area contributed by atoms with Gasteiger partial charge in [-0.2, -0.15) is 0 Å². The molecule has 0 rings (SSSR count). The maximum atomic E-state index is 9.55. The van der Waals surface area contributed by atoms with Crippen molar-refractivity contribution in [1.29, 1.82) is 0 Å². The van der Waals surface area contributed by atoms with E-state index in [-0.39, 0.29) is 88.7 Å². The quantitative estimate of drug-likeness (QED) is 0.452. The van der Waals surface area contributed by atoms with Gasteiger partial charge in [0, 0.05) is 0 Å². The van der Waals surface area contributed by atoms with Crippen LogP contribution in [0, 0.1) is 0 Å². The molecule has 0 bridgehead atoms. The minimum Gasteiger partial charge on any atom is 1.00 e. The maximum absolute atomic E-state index is 9.55. The van der Waals surface area contributed by atoms with E-state index in [2.05, 4.69) is 0 Å². The summed E-state index contributed by atoms with van der Waals surface area (Å²) in [5.41, 5.74) is 0. The summed E-state index contributed by atoms with van der Waals surface area (Å²) in [7, 11) is 0. The van der Waals surface area contributed by atoms with Gasteiger partial charge in [-0.05, 0) is 0 Å². The van der Waals surface area contributed by atoms with E-state index in [1.807, 2.05) is 0 Å². The minimum atomic E-state index is -5.43. The summed E-state index contributed by atoms with van der Waals surface area (Å²) < 4.78 is 28.7. The van der Waals surface area contributed by atoms with Gasteiger partial charge in [-0.15, -0.1) is 0 Å². The molecule has 0 N–H and O–H groups in total. The third kappa shape index (κ3) is 24.5. The molecule has 0 saturated carbocycles. The summed E-state index contributed by atoms with van der Waals surface area (Å²) in [4.78, 5) is 9.35. The van der Waals surface area contributed by atoms with Crippen LogP contribution in [-0.2, 0) is 8.53 Å². The number of carboxylic acid groups (broad SMARTS) is 1. The van der Waals surface area contributed by atoms with E-state index in [1.165, 1.54) is 0 Å². The van der Waals surface area contributed by atoms with E-state index >= 15 is 0 Å². The maximum Gasteiger partial charge on any atom is 1.00 e. The van der Waals surface area contributed by atoms with E-state index in [1.54, 1.807) is 0 Å². The van der Waals surface area contributed by atoms with Crippen LogP contribution in [0.3, 0.4) is 0 Å². The molecule has 11 heavy (non-hydrogen) atoms. The summed E-state index contributed by atoms with van der Waals surface area (Å²) >= 11 is -5.43. The molecular weight excluding hydrogens is 248 g/mol. The van der Waals surface area contributed by atoms with Crippen LogP contribution < -0.4 is 102 Å². The summed E-state index contributed by atoms with van der Waals surface area (Å²) in [6.07, 6.45) is 0. The Balaban J connectivity index is -0.0000000817. The third-order valence-electron chi connectivity index (χ3n) is 0.323. The van der Waals surface area contributed by atoms with Gasteiger partial charge >= 0.3 is 136 Å². The van der Waals surface area contributed by atoms with Crippen molar-refractivity contribution in [3.8, 4) is 0 Å². The Hall–Kier alpha value is 2.75. The smallest absolute Gasteiger partial charge is 1.00 e. The van der Waals surface area contributed by atoms with E-state index in [0.717, 1.165) is 0 Å². The van der Waals surface area contributed by atoms with Crippen LogP contribution >= 0.6 is 0 Å². The second-order valence-corrected chi connectivity index (χ2v) is 4.37. The SMILES string of the molecule is O=C([O-])C[As](=O)([O-])[O-].[Na+].[Na+].[Na+]. The molecule has 0 aromatic rings. The molecule has 0 aliphatic heterocycles. The first-order valence-electron chi connectivity index (χ1n) is 1.63. The zero-order valence-electron chi connectivity index (χ0n) is 6.70. The van der Waals surface area contributed by atoms with Gasteiger partial charge in [0.25, 0.3) is 0 Å². The number of hydrogen-bond donors (Lipinski definition) is 0. The fraction of sp³-hybridized carbons (Fsp3) is 0.500. The van der Waals surface area contributed by atoms with Gasteiger partial charge in [0.05, 0.1) is 0 Å². The monoisotopic (exact) mass is 250 g/mol. The van der Waals surface area contributed by atoms with Crippen LogP contribution in [0.25, 0.3) is 0 Å². The normalized spacial score (nSPS) is 8.18. The van der Waals surface area contributed by atoms with Crippen molar-refractivity contribution in [2.75, 3.05) is 0 Å². The molecule has 0 aliphatic rings. The van der Waals surface area contributed by atoms with Gasteiger partial charge in [-0.3, -0.25) is 0 Å². The molecule has 0 fully saturated rings. The zero-order chi connectivity index (χ0) is 6.78. The molecule has 0 saturated heterocycles. The Morgan fingerprint density at radius 1 is 1.18 bits per heavy atom. The third-order valence-corrected chi connectivity index (χ3v) is 1.68. The number of carbonyl (C=O) groups is 1. The summed E-state index contributed by atoms with van der Waals surface area (Å²) in [6, 6.07) is 0. The number of rotatable bonds is 2. The van der Waals surface area contributed by atoms with Crippen LogP contribution in [-0.4, -0.2) is 20.1 Å². The average Bonchev–Trinajstić information content (AvgIpc) is 1.21. The Labute approximate surface area is 133 Å². The number of aliphatic carboxylic acids is 1. The molecule has 0 unspecified atom stereocenters. The number of carbonyl (C=O) groups excluding carboxylic acids is 1. The van der Waals surface area contributed by atoms with Crippen LogP contribution in [0.15, 0.2) is 0 Å². The molecule has 0 aromatic carbocycles. The van der Waals surface area contributed by atoms with Crippen LogP contribution in [0.2, 0.25) is 5.21 Å². The summed E-state index contributed by atoms with van der Waals surface area (Å²) in [6.45, 7) is 0. The van der Waals surface area contributed by atoms with Crippen LogP contribution in [0.4, 0.5) is 0 Å². The van der Waals surface area contributed by atoms with E-state index in [4.69, 9.17) is 0 Å². The molecule has 0 heterocycles.